The van der Waals surface area contributed by atoms with Crippen molar-refractivity contribution in [3.05, 3.63) is 69.4 Å². The van der Waals surface area contributed by atoms with Gasteiger partial charge in [0.25, 0.3) is 11.6 Å². The molecule has 0 saturated carbocycles. The Morgan fingerprint density at radius 2 is 2.10 bits per heavy atom. The molecule has 0 spiro atoms. The Bertz CT molecular complexity index is 1150. The van der Waals surface area contributed by atoms with Crippen LogP contribution in [-0.2, 0) is 13.0 Å². The zero-order chi connectivity index (χ0) is 21.3. The highest BCUT2D eigenvalue weighted by Gasteiger charge is 2.26. The number of nitrogens with zero attached hydrogens (tertiary/aromatic N) is 3. The van der Waals surface area contributed by atoms with Crippen LogP contribution >= 0.6 is 0 Å². The molecule has 3 aromatic rings. The molecule has 0 saturated heterocycles. The molecule has 2 aromatic carbocycles. The Morgan fingerprint density at radius 3 is 2.83 bits per heavy atom. The van der Waals surface area contributed by atoms with E-state index in [9.17, 15) is 14.9 Å². The molecule has 154 valence electrons. The summed E-state index contributed by atoms with van der Waals surface area (Å²) >= 11 is 0. The lowest BCUT2D eigenvalue weighted by molar-refractivity contribution is -0.384. The van der Waals surface area contributed by atoms with Crippen LogP contribution in [0.15, 0.2) is 42.5 Å². The molecule has 0 bridgehead atoms. The number of hydrogen-bond donors (Lipinski definition) is 1. The van der Waals surface area contributed by atoms with Crippen LogP contribution < -0.4 is 10.1 Å². The number of nitrogens with one attached hydrogen (secondary N) is 1. The highest BCUT2D eigenvalue weighted by molar-refractivity contribution is 6.14. The molecule has 30 heavy (non-hydrogen) atoms. The maximum absolute atomic E-state index is 13.4. The molecule has 8 heteroatoms. The van der Waals surface area contributed by atoms with E-state index in [1.54, 1.807) is 0 Å². The van der Waals surface area contributed by atoms with Crippen molar-refractivity contribution in [1.82, 2.24) is 9.88 Å². The molecule has 0 aliphatic carbocycles. The minimum Gasteiger partial charge on any atom is -0.494 e. The number of anilines is 1. The largest absolute Gasteiger partial charge is 0.494 e. The second-order valence-corrected chi connectivity index (χ2v) is 7.14. The number of likely N-dealkylation sites (N-methyl/N-ethyl adjacent to an activating group) is 1. The molecule has 0 unspecified atom stereocenters. The summed E-state index contributed by atoms with van der Waals surface area (Å²) in [6.45, 7) is 4.56. The number of pyridine rings is 1. The summed E-state index contributed by atoms with van der Waals surface area (Å²) in [5.41, 5.74) is 3.52. The van der Waals surface area contributed by atoms with E-state index in [1.807, 2.05) is 24.3 Å². The van der Waals surface area contributed by atoms with Gasteiger partial charge < -0.3 is 10.1 Å². The van der Waals surface area contributed by atoms with E-state index < -0.39 is 4.92 Å². The van der Waals surface area contributed by atoms with Gasteiger partial charge in [0, 0.05) is 42.2 Å². The number of aromatic nitrogens is 1. The first-order valence-electron chi connectivity index (χ1n) is 9.78. The van der Waals surface area contributed by atoms with E-state index >= 15 is 0 Å². The van der Waals surface area contributed by atoms with Crippen LogP contribution in [0.5, 0.6) is 5.75 Å². The lowest BCUT2D eigenvalue weighted by Crippen LogP contribution is -2.33. The highest BCUT2D eigenvalue weighted by atomic mass is 16.6. The van der Waals surface area contributed by atoms with Gasteiger partial charge in [-0.25, -0.2) is 0 Å². The Labute approximate surface area is 173 Å². The van der Waals surface area contributed by atoms with Gasteiger partial charge in [0.05, 0.1) is 34.9 Å². The highest BCUT2D eigenvalue weighted by Crippen LogP contribution is 2.32. The first-order chi connectivity index (χ1) is 14.5. The third-order valence-electron chi connectivity index (χ3n) is 5.44. The Balaban J connectivity index is 1.79. The number of ether oxygens (including phenoxy) is 1. The standard InChI is InChI=1S/C22H22N4O4/c1-3-25-11-10-18-16(13-25)21(15-6-4-5-7-17(15)23-18)22(27)24-19-9-8-14(26(28)29)12-20(19)30-2/h4-9,12H,3,10-11,13H2,1-2H3,(H,24,27). The molecular weight excluding hydrogens is 384 g/mol. The lowest BCUT2D eigenvalue weighted by atomic mass is 9.95. The van der Waals surface area contributed by atoms with Crippen LogP contribution in [0.1, 0.15) is 28.5 Å². The second kappa shape index (κ2) is 8.08. The minimum absolute atomic E-state index is 0.102. The quantitative estimate of drug-likeness (QED) is 0.511. The fourth-order valence-electron chi connectivity index (χ4n) is 3.86. The molecule has 0 atom stereocenters. The van der Waals surface area contributed by atoms with Crippen molar-refractivity contribution < 1.29 is 14.5 Å². The molecule has 1 aromatic heterocycles. The summed E-state index contributed by atoms with van der Waals surface area (Å²) in [5, 5.41) is 14.7. The van der Waals surface area contributed by atoms with Crippen molar-refractivity contribution in [3.63, 3.8) is 0 Å². The average molecular weight is 406 g/mol. The maximum atomic E-state index is 13.4. The number of amides is 1. The van der Waals surface area contributed by atoms with Crippen molar-refractivity contribution in [3.8, 4) is 5.75 Å². The summed E-state index contributed by atoms with van der Waals surface area (Å²) in [6, 6.07) is 11.7. The van der Waals surface area contributed by atoms with Gasteiger partial charge >= 0.3 is 0 Å². The number of hydrogen-bond acceptors (Lipinski definition) is 6. The van der Waals surface area contributed by atoms with Gasteiger partial charge in [0.15, 0.2) is 0 Å². The van der Waals surface area contributed by atoms with Gasteiger partial charge in [-0.05, 0) is 18.7 Å². The molecule has 1 aliphatic heterocycles. The SMILES string of the molecule is CCN1CCc2nc3ccccc3c(C(=O)Nc3ccc([N+](=O)[O-])cc3OC)c2C1. The second-order valence-electron chi connectivity index (χ2n) is 7.14. The molecule has 0 fully saturated rings. The molecule has 0 radical (unpaired) electrons. The fourth-order valence-corrected chi connectivity index (χ4v) is 3.86. The number of rotatable bonds is 5. The third-order valence-corrected chi connectivity index (χ3v) is 5.44. The summed E-state index contributed by atoms with van der Waals surface area (Å²) in [6.07, 6.45) is 0.787. The van der Waals surface area contributed by atoms with E-state index in [-0.39, 0.29) is 17.3 Å². The summed E-state index contributed by atoms with van der Waals surface area (Å²) in [7, 11) is 1.41. The van der Waals surface area contributed by atoms with Crippen molar-refractivity contribution in [1.29, 1.82) is 0 Å². The molecule has 1 amide bonds. The normalized spacial score (nSPS) is 13.7. The van der Waals surface area contributed by atoms with Crippen LogP contribution in [0.3, 0.4) is 0 Å². The Hall–Kier alpha value is -3.52. The van der Waals surface area contributed by atoms with Gasteiger partial charge in [-0.2, -0.15) is 0 Å². The smallest absolute Gasteiger partial charge is 0.273 e. The van der Waals surface area contributed by atoms with Crippen molar-refractivity contribution in [2.75, 3.05) is 25.5 Å². The molecular formula is C22H22N4O4. The number of para-hydroxylation sites is 1. The third kappa shape index (κ3) is 3.57. The number of fused-ring (bicyclic) bond motifs is 2. The minimum atomic E-state index is -0.500. The predicted octanol–water partition coefficient (Wildman–Crippen LogP) is 3.78. The summed E-state index contributed by atoms with van der Waals surface area (Å²) in [4.78, 5) is 31.0. The molecule has 2 heterocycles. The van der Waals surface area contributed by atoms with Gasteiger partial charge in [-0.1, -0.05) is 25.1 Å². The van der Waals surface area contributed by atoms with Crippen LogP contribution in [0.2, 0.25) is 0 Å². The van der Waals surface area contributed by atoms with Gasteiger partial charge in [0.1, 0.15) is 5.75 Å². The fraction of sp³-hybridized carbons (Fsp3) is 0.273. The number of carbonyl (C=O) groups excluding carboxylic acids is 1. The number of benzene rings is 2. The van der Waals surface area contributed by atoms with Crippen LogP contribution in [0, 0.1) is 10.1 Å². The first-order valence-corrected chi connectivity index (χ1v) is 9.78. The average Bonchev–Trinajstić information content (AvgIpc) is 2.76. The van der Waals surface area contributed by atoms with Crippen LogP contribution in [-0.4, -0.2) is 40.9 Å². The topological polar surface area (TPSA) is 97.6 Å². The number of nitro groups is 1. The summed E-state index contributed by atoms with van der Waals surface area (Å²) in [5.74, 6) is -0.0464. The predicted molar refractivity (Wildman–Crippen MR) is 114 cm³/mol. The molecule has 1 N–H and O–H groups in total. The van der Waals surface area contributed by atoms with E-state index in [2.05, 4.69) is 17.1 Å². The number of methoxy groups -OCH3 is 1. The van der Waals surface area contributed by atoms with E-state index in [0.29, 0.717) is 17.8 Å². The molecule has 4 rings (SSSR count). The van der Waals surface area contributed by atoms with Crippen molar-refractivity contribution >= 4 is 28.2 Å². The molecule has 8 nitrogen and oxygen atoms in total. The Kier molecular flexibility index (Phi) is 5.33. The van der Waals surface area contributed by atoms with Crippen molar-refractivity contribution in [2.24, 2.45) is 0 Å². The van der Waals surface area contributed by atoms with E-state index in [4.69, 9.17) is 9.72 Å². The number of nitro benzene ring substituents is 1. The monoisotopic (exact) mass is 406 g/mol. The van der Waals surface area contributed by atoms with Crippen LogP contribution in [0.4, 0.5) is 11.4 Å². The molecule has 1 aliphatic rings. The number of carbonyl (C=O) groups is 1. The van der Waals surface area contributed by atoms with Gasteiger partial charge in [-0.3, -0.25) is 24.8 Å². The number of non-ortho nitro benzene ring substituents is 1. The van der Waals surface area contributed by atoms with Gasteiger partial charge in [0.2, 0.25) is 0 Å². The first kappa shape index (κ1) is 19.8. The van der Waals surface area contributed by atoms with Crippen LogP contribution in [0.25, 0.3) is 10.9 Å². The van der Waals surface area contributed by atoms with Gasteiger partial charge in [-0.15, -0.1) is 0 Å². The lowest BCUT2D eigenvalue weighted by Gasteiger charge is -2.29. The maximum Gasteiger partial charge on any atom is 0.273 e. The Morgan fingerprint density at radius 1 is 1.30 bits per heavy atom. The van der Waals surface area contributed by atoms with E-state index in [0.717, 1.165) is 41.7 Å². The zero-order valence-corrected chi connectivity index (χ0v) is 16.8. The van der Waals surface area contributed by atoms with E-state index in [1.165, 1.54) is 25.3 Å². The van der Waals surface area contributed by atoms with Crippen molar-refractivity contribution in [2.45, 2.75) is 19.9 Å². The zero-order valence-electron chi connectivity index (χ0n) is 16.8. The summed E-state index contributed by atoms with van der Waals surface area (Å²) < 4.78 is 5.27.